The summed E-state index contributed by atoms with van der Waals surface area (Å²) in [6.07, 6.45) is 3.26. The van der Waals surface area contributed by atoms with Gasteiger partial charge in [-0.3, -0.25) is 4.90 Å². The lowest BCUT2D eigenvalue weighted by Gasteiger charge is -2.39. The number of benzene rings is 3. The van der Waals surface area contributed by atoms with Crippen molar-refractivity contribution in [3.8, 4) is 5.75 Å². The summed E-state index contributed by atoms with van der Waals surface area (Å²) < 4.78 is 6.09. The Hall–Kier alpha value is -2.78. The minimum absolute atomic E-state index is 0.339. The van der Waals surface area contributed by atoms with Gasteiger partial charge in [-0.2, -0.15) is 0 Å². The fourth-order valence-corrected chi connectivity index (χ4v) is 5.11. The number of hydrogen-bond donors (Lipinski definition) is 0. The van der Waals surface area contributed by atoms with Gasteiger partial charge in [0.15, 0.2) is 0 Å². The van der Waals surface area contributed by atoms with Gasteiger partial charge in [0.2, 0.25) is 0 Å². The molecule has 1 atom stereocenters. The Morgan fingerprint density at radius 2 is 1.52 bits per heavy atom. The molecule has 0 radical (unpaired) electrons. The maximum Gasteiger partial charge on any atom is 0.119 e. The molecule has 174 valence electrons. The van der Waals surface area contributed by atoms with E-state index in [0.29, 0.717) is 18.1 Å². The molecular formula is C30H38N2O. The molecular weight excluding hydrogens is 404 g/mol. The quantitative estimate of drug-likeness (QED) is 0.321. The van der Waals surface area contributed by atoms with Gasteiger partial charge in [0.1, 0.15) is 5.75 Å². The lowest BCUT2D eigenvalue weighted by atomic mass is 9.90. The number of aryl methyl sites for hydroxylation is 1. The van der Waals surface area contributed by atoms with Crippen LogP contribution in [0.25, 0.3) is 0 Å². The van der Waals surface area contributed by atoms with Gasteiger partial charge in [0.05, 0.1) is 12.6 Å². The highest BCUT2D eigenvalue weighted by Crippen LogP contribution is 2.43. The Balaban J connectivity index is 1.47. The van der Waals surface area contributed by atoms with Crippen molar-refractivity contribution in [2.75, 3.05) is 18.1 Å². The molecule has 1 aliphatic heterocycles. The summed E-state index contributed by atoms with van der Waals surface area (Å²) in [7, 11) is 0. The number of rotatable bonds is 9. The number of fused-ring (bicyclic) bond motifs is 1. The van der Waals surface area contributed by atoms with Crippen LogP contribution in [0.1, 0.15) is 57.7 Å². The minimum atomic E-state index is 0.339. The second-order valence-corrected chi connectivity index (χ2v) is 9.59. The van der Waals surface area contributed by atoms with Crippen LogP contribution in [-0.2, 0) is 6.42 Å². The third kappa shape index (κ3) is 5.59. The molecule has 0 fully saturated rings. The third-order valence-electron chi connectivity index (χ3n) is 6.71. The summed E-state index contributed by atoms with van der Waals surface area (Å²) in [6, 6.07) is 29.8. The monoisotopic (exact) mass is 442 g/mol. The second-order valence-electron chi connectivity index (χ2n) is 9.59. The molecule has 0 saturated carbocycles. The van der Waals surface area contributed by atoms with Crippen LogP contribution < -0.4 is 9.64 Å². The van der Waals surface area contributed by atoms with Crippen LogP contribution >= 0.6 is 0 Å². The van der Waals surface area contributed by atoms with Gasteiger partial charge >= 0.3 is 0 Å². The van der Waals surface area contributed by atoms with Crippen molar-refractivity contribution >= 4 is 11.4 Å². The van der Waals surface area contributed by atoms with Gasteiger partial charge in [0, 0.05) is 30.0 Å². The molecule has 0 aromatic heterocycles. The number of nitrogens with zero attached hydrogens (tertiary/aromatic N) is 2. The molecule has 0 amide bonds. The molecule has 1 aliphatic rings. The van der Waals surface area contributed by atoms with Gasteiger partial charge in [0.25, 0.3) is 0 Å². The van der Waals surface area contributed by atoms with E-state index in [2.05, 4.69) is 116 Å². The number of hydrogen-bond acceptors (Lipinski definition) is 3. The van der Waals surface area contributed by atoms with E-state index in [9.17, 15) is 0 Å². The smallest absolute Gasteiger partial charge is 0.119 e. The first-order valence-corrected chi connectivity index (χ1v) is 12.5. The summed E-state index contributed by atoms with van der Waals surface area (Å²) >= 11 is 0. The van der Waals surface area contributed by atoms with Gasteiger partial charge < -0.3 is 9.64 Å². The average Bonchev–Trinajstić information content (AvgIpc) is 2.83. The van der Waals surface area contributed by atoms with E-state index in [0.717, 1.165) is 38.2 Å². The maximum atomic E-state index is 6.09. The summed E-state index contributed by atoms with van der Waals surface area (Å²) in [5.74, 6) is 0.945. The van der Waals surface area contributed by atoms with Gasteiger partial charge in [-0.15, -0.1) is 0 Å². The van der Waals surface area contributed by atoms with Gasteiger partial charge in [-0.1, -0.05) is 48.5 Å². The molecule has 3 heteroatoms. The van der Waals surface area contributed by atoms with E-state index >= 15 is 0 Å². The molecule has 0 spiro atoms. The van der Waals surface area contributed by atoms with Crippen molar-refractivity contribution in [3.05, 3.63) is 90.0 Å². The van der Waals surface area contributed by atoms with E-state index in [1.807, 2.05) is 0 Å². The predicted octanol–water partition coefficient (Wildman–Crippen LogP) is 7.40. The Bertz CT molecular complexity index is 989. The lowest BCUT2D eigenvalue weighted by molar-refractivity contribution is 0.160. The molecule has 1 unspecified atom stereocenters. The molecule has 3 nitrogen and oxygen atoms in total. The average molecular weight is 443 g/mol. The Morgan fingerprint density at radius 1 is 0.848 bits per heavy atom. The Labute approximate surface area is 200 Å². The van der Waals surface area contributed by atoms with Crippen LogP contribution in [0.5, 0.6) is 5.75 Å². The normalized spacial score (nSPS) is 15.8. The van der Waals surface area contributed by atoms with Crippen LogP contribution in [0, 0.1) is 0 Å². The van der Waals surface area contributed by atoms with Gasteiger partial charge in [-0.25, -0.2) is 0 Å². The summed E-state index contributed by atoms with van der Waals surface area (Å²) in [5, 5.41) is 0. The zero-order valence-corrected chi connectivity index (χ0v) is 20.6. The Morgan fingerprint density at radius 3 is 2.21 bits per heavy atom. The molecule has 0 N–H and O–H groups in total. The van der Waals surface area contributed by atoms with Crippen molar-refractivity contribution in [2.45, 2.75) is 65.1 Å². The fraction of sp³-hybridized carbons (Fsp3) is 0.400. The van der Waals surface area contributed by atoms with E-state index in [1.165, 1.54) is 22.5 Å². The van der Waals surface area contributed by atoms with Crippen molar-refractivity contribution in [2.24, 2.45) is 0 Å². The Kier molecular flexibility index (Phi) is 7.72. The van der Waals surface area contributed by atoms with Crippen LogP contribution in [0.4, 0.5) is 11.4 Å². The van der Waals surface area contributed by atoms with E-state index in [1.54, 1.807) is 0 Å². The van der Waals surface area contributed by atoms with Crippen LogP contribution in [-0.4, -0.2) is 30.1 Å². The second kappa shape index (κ2) is 10.9. The number of ether oxygens (including phenoxy) is 1. The zero-order valence-electron chi connectivity index (χ0n) is 20.6. The van der Waals surface area contributed by atoms with E-state index < -0.39 is 0 Å². The topological polar surface area (TPSA) is 15.7 Å². The van der Waals surface area contributed by atoms with E-state index in [-0.39, 0.29) is 0 Å². The third-order valence-corrected chi connectivity index (χ3v) is 6.71. The standard InChI is InChI=1S/C30H38N2O/c1-23(2)31(24(3)4)21-10-22-33-28-18-16-27(17-19-28)32-29-14-9-8-13-26(29)15-20-30(32)25-11-6-5-7-12-25/h5-9,11-14,16-19,23-24,30H,10,15,20-22H2,1-4H3. The van der Waals surface area contributed by atoms with Crippen LogP contribution in [0.3, 0.4) is 0 Å². The van der Waals surface area contributed by atoms with Crippen LogP contribution in [0.15, 0.2) is 78.9 Å². The summed E-state index contributed by atoms with van der Waals surface area (Å²) in [4.78, 5) is 5.02. The first-order valence-electron chi connectivity index (χ1n) is 12.5. The van der Waals surface area contributed by atoms with Gasteiger partial charge in [-0.05, 0) is 88.4 Å². The first kappa shape index (κ1) is 23.4. The van der Waals surface area contributed by atoms with Crippen molar-refractivity contribution in [3.63, 3.8) is 0 Å². The highest BCUT2D eigenvalue weighted by molar-refractivity contribution is 5.70. The molecule has 1 heterocycles. The molecule has 0 bridgehead atoms. The van der Waals surface area contributed by atoms with Crippen molar-refractivity contribution in [1.82, 2.24) is 4.90 Å². The van der Waals surface area contributed by atoms with Crippen molar-refractivity contribution < 1.29 is 4.74 Å². The molecule has 0 aliphatic carbocycles. The minimum Gasteiger partial charge on any atom is -0.494 e. The highest BCUT2D eigenvalue weighted by Gasteiger charge is 2.28. The zero-order chi connectivity index (χ0) is 23.2. The number of anilines is 2. The van der Waals surface area contributed by atoms with Crippen LogP contribution in [0.2, 0.25) is 0 Å². The highest BCUT2D eigenvalue weighted by atomic mass is 16.5. The summed E-state index contributed by atoms with van der Waals surface area (Å²) in [5.41, 5.74) is 5.32. The van der Waals surface area contributed by atoms with E-state index in [4.69, 9.17) is 4.74 Å². The molecule has 33 heavy (non-hydrogen) atoms. The molecule has 4 rings (SSSR count). The SMILES string of the molecule is CC(C)N(CCCOc1ccc(N2c3ccccc3CCC2c2ccccc2)cc1)C(C)C. The maximum absolute atomic E-state index is 6.09. The fourth-order valence-electron chi connectivity index (χ4n) is 5.11. The first-order chi connectivity index (χ1) is 16.0. The summed E-state index contributed by atoms with van der Waals surface area (Å²) in [6.45, 7) is 10.9. The van der Waals surface area contributed by atoms with Crippen molar-refractivity contribution in [1.29, 1.82) is 0 Å². The molecule has 0 saturated heterocycles. The number of para-hydroxylation sites is 1. The largest absolute Gasteiger partial charge is 0.494 e. The lowest BCUT2D eigenvalue weighted by Crippen LogP contribution is -2.38. The predicted molar refractivity (Wildman–Crippen MR) is 140 cm³/mol. The molecule has 3 aromatic rings. The molecule has 3 aromatic carbocycles.